The smallest absolute Gasteiger partial charge is 0.338 e. The average molecular weight is 609 g/mol. The highest BCUT2D eigenvalue weighted by Crippen LogP contribution is 2.51. The highest BCUT2D eigenvalue weighted by molar-refractivity contribution is 5.89. The van der Waals surface area contributed by atoms with Crippen molar-refractivity contribution >= 4 is 5.97 Å². The molecule has 1 aliphatic heterocycles. The Kier molecular flexibility index (Phi) is 9.33. The highest BCUT2D eigenvalue weighted by Gasteiger charge is 2.45. The second-order valence-electron chi connectivity index (χ2n) is 9.97. The van der Waals surface area contributed by atoms with Crippen LogP contribution in [0.4, 0.5) is 0 Å². The molecule has 0 saturated heterocycles. The van der Waals surface area contributed by atoms with Gasteiger partial charge in [-0.2, -0.15) is 0 Å². The zero-order chi connectivity index (χ0) is 31.2. The summed E-state index contributed by atoms with van der Waals surface area (Å²) in [5.41, 5.74) is 6.59. The molecule has 44 heavy (non-hydrogen) atoms. The first kappa shape index (κ1) is 30.4. The van der Waals surface area contributed by atoms with Gasteiger partial charge in [0.15, 0.2) is 29.5 Å². The summed E-state index contributed by atoms with van der Waals surface area (Å²) in [5, 5.41) is 59.7. The molecule has 1 aliphatic rings. The second kappa shape index (κ2) is 13.5. The van der Waals surface area contributed by atoms with E-state index in [2.05, 4.69) is 10.3 Å². The number of carbonyl (C=O) groups excluding carboxylic acids is 1. The molecule has 7 N–H and O–H groups in total. The van der Waals surface area contributed by atoms with E-state index >= 15 is 0 Å². The van der Waals surface area contributed by atoms with Crippen molar-refractivity contribution in [3.63, 3.8) is 0 Å². The third kappa shape index (κ3) is 6.78. The van der Waals surface area contributed by atoms with E-state index in [1.165, 1.54) is 6.07 Å². The molecule has 232 valence electrons. The molecule has 3 aromatic carbocycles. The number of aromatic hydroxyl groups is 5. The van der Waals surface area contributed by atoms with Crippen LogP contribution in [0.3, 0.4) is 0 Å². The maximum absolute atomic E-state index is 13.3. The van der Waals surface area contributed by atoms with Crippen molar-refractivity contribution in [2.24, 2.45) is 5.73 Å². The normalized spacial score (nSPS) is 17.5. The molecule has 3 atom stereocenters. The van der Waals surface area contributed by atoms with Crippen LogP contribution in [-0.2, 0) is 27.2 Å². The van der Waals surface area contributed by atoms with Gasteiger partial charge in [0, 0.05) is 36.9 Å². The maximum Gasteiger partial charge on any atom is 0.338 e. The molecule has 14 heteroatoms. The summed E-state index contributed by atoms with van der Waals surface area (Å²) in [6.07, 6.45) is -1.41. The summed E-state index contributed by atoms with van der Waals surface area (Å²) in [6, 6.07) is 12.8. The lowest BCUT2D eigenvalue weighted by atomic mass is 9.90. The lowest BCUT2D eigenvalue weighted by Gasteiger charge is -2.39. The number of nitrogens with two attached hydrogens (primary N) is 1. The van der Waals surface area contributed by atoms with Gasteiger partial charge in [0.1, 0.15) is 23.4 Å². The van der Waals surface area contributed by atoms with Crippen LogP contribution in [0.5, 0.6) is 34.5 Å². The van der Waals surface area contributed by atoms with Crippen molar-refractivity contribution in [1.82, 2.24) is 15.0 Å². The number of hydrogen-bond acceptors (Lipinski definition) is 13. The van der Waals surface area contributed by atoms with Gasteiger partial charge < -0.3 is 50.2 Å². The topological polar surface area (TPSA) is 212 Å². The van der Waals surface area contributed by atoms with Crippen LogP contribution >= 0.6 is 0 Å². The molecule has 0 saturated carbocycles. The lowest BCUT2D eigenvalue weighted by molar-refractivity contribution is -0.112. The number of carbonyl (C=O) groups is 1. The van der Waals surface area contributed by atoms with E-state index in [9.17, 15) is 30.3 Å². The van der Waals surface area contributed by atoms with Gasteiger partial charge in [-0.15, -0.1) is 5.10 Å². The number of rotatable bonds is 12. The van der Waals surface area contributed by atoms with Gasteiger partial charge in [-0.1, -0.05) is 23.4 Å². The fourth-order valence-corrected chi connectivity index (χ4v) is 4.82. The number of phenolic OH excluding ortho intramolecular Hbond substituents is 5. The van der Waals surface area contributed by atoms with E-state index < -0.39 is 41.5 Å². The van der Waals surface area contributed by atoms with Crippen molar-refractivity contribution in [3.8, 4) is 34.5 Å². The third-order valence-corrected chi connectivity index (χ3v) is 6.88. The van der Waals surface area contributed by atoms with Crippen LogP contribution in [0.15, 0.2) is 60.8 Å². The number of hydrogen-bond donors (Lipinski definition) is 6. The zero-order valence-corrected chi connectivity index (χ0v) is 23.4. The van der Waals surface area contributed by atoms with Gasteiger partial charge in [0.2, 0.25) is 0 Å². The van der Waals surface area contributed by atoms with Crippen LogP contribution in [0.2, 0.25) is 0 Å². The fourth-order valence-electron chi connectivity index (χ4n) is 4.82. The predicted molar refractivity (Wildman–Crippen MR) is 153 cm³/mol. The van der Waals surface area contributed by atoms with Crippen molar-refractivity contribution in [1.29, 1.82) is 0 Å². The first-order valence-electron chi connectivity index (χ1n) is 13.8. The molecule has 0 spiro atoms. The van der Waals surface area contributed by atoms with Gasteiger partial charge in [0.25, 0.3) is 0 Å². The van der Waals surface area contributed by atoms with Crippen LogP contribution in [0, 0.1) is 0 Å². The quantitative estimate of drug-likeness (QED) is 0.0776. The Morgan fingerprint density at radius 2 is 1.70 bits per heavy atom. The molecule has 4 aromatic rings. The molecule has 2 heterocycles. The zero-order valence-electron chi connectivity index (χ0n) is 23.4. The number of fused-ring (bicyclic) bond motifs is 1. The van der Waals surface area contributed by atoms with Gasteiger partial charge >= 0.3 is 5.97 Å². The Balaban J connectivity index is 1.46. The predicted octanol–water partition coefficient (Wildman–Crippen LogP) is 2.44. The molecule has 0 fully saturated rings. The minimum absolute atomic E-state index is 0.00901. The standard InChI is InChI=1S/C30H32N4O10/c31-7-10-41-9-6-19-16-34(33-32-19)8-11-42-28-25-21(36)14-20(35)15-24(25)43-27(18-12-22(37)26(39)23(38)13-18)29(28)44-30(40)17-4-2-1-3-5-17/h1-5,12-16,27-29,35-39H,6-11,31H2. The van der Waals surface area contributed by atoms with E-state index in [-0.39, 0.29) is 47.1 Å². The van der Waals surface area contributed by atoms with Crippen LogP contribution in [0.1, 0.15) is 39.4 Å². The van der Waals surface area contributed by atoms with Gasteiger partial charge in [-0.25, -0.2) is 9.48 Å². The van der Waals surface area contributed by atoms with E-state index in [4.69, 9.17) is 24.7 Å². The fraction of sp³-hybridized carbons (Fsp3) is 0.300. The largest absolute Gasteiger partial charge is 0.508 e. The molecule has 5 rings (SSSR count). The number of ether oxygens (including phenoxy) is 4. The monoisotopic (exact) mass is 608 g/mol. The number of aromatic nitrogens is 3. The van der Waals surface area contributed by atoms with E-state index in [1.54, 1.807) is 41.2 Å². The number of phenols is 5. The molecular formula is C30H32N4O10. The average Bonchev–Trinajstić information content (AvgIpc) is 3.46. The summed E-state index contributed by atoms with van der Waals surface area (Å²) in [4.78, 5) is 13.3. The van der Waals surface area contributed by atoms with Gasteiger partial charge in [0.05, 0.1) is 43.2 Å². The maximum atomic E-state index is 13.3. The molecule has 0 aliphatic carbocycles. The highest BCUT2D eigenvalue weighted by atomic mass is 16.6. The SMILES string of the molecule is NCCOCCc1cn(CCOC2c3c(O)cc(O)cc3OC(c3cc(O)c(O)c(O)c3)C2OC(=O)c2ccccc2)nn1. The Morgan fingerprint density at radius 3 is 2.43 bits per heavy atom. The number of nitrogens with zero attached hydrogens (tertiary/aromatic N) is 3. The van der Waals surface area contributed by atoms with Crippen LogP contribution < -0.4 is 10.5 Å². The molecule has 1 aromatic heterocycles. The third-order valence-electron chi connectivity index (χ3n) is 6.88. The molecule has 0 amide bonds. The lowest BCUT2D eigenvalue weighted by Crippen LogP contribution is -2.39. The summed E-state index contributed by atoms with van der Waals surface area (Å²) in [6.45, 7) is 1.54. The van der Waals surface area contributed by atoms with Crippen molar-refractivity contribution in [2.75, 3.05) is 26.4 Å². The number of benzene rings is 3. The van der Waals surface area contributed by atoms with Crippen LogP contribution in [0.25, 0.3) is 0 Å². The summed E-state index contributed by atoms with van der Waals surface area (Å²) < 4.78 is 25.2. The second-order valence-corrected chi connectivity index (χ2v) is 9.97. The minimum Gasteiger partial charge on any atom is -0.508 e. The molecular weight excluding hydrogens is 576 g/mol. The van der Waals surface area contributed by atoms with E-state index in [0.717, 1.165) is 18.2 Å². The summed E-state index contributed by atoms with van der Waals surface area (Å²) in [5.74, 6) is -3.43. The summed E-state index contributed by atoms with van der Waals surface area (Å²) in [7, 11) is 0. The Labute approximate surface area is 251 Å². The van der Waals surface area contributed by atoms with Crippen molar-refractivity contribution < 1.29 is 49.3 Å². The minimum atomic E-state index is -1.29. The summed E-state index contributed by atoms with van der Waals surface area (Å²) >= 11 is 0. The first-order chi connectivity index (χ1) is 21.2. The Morgan fingerprint density at radius 1 is 0.955 bits per heavy atom. The molecule has 0 bridgehead atoms. The van der Waals surface area contributed by atoms with Crippen molar-refractivity contribution in [3.05, 3.63) is 83.2 Å². The van der Waals surface area contributed by atoms with Gasteiger partial charge in [-0.05, 0) is 24.3 Å². The molecule has 14 nitrogen and oxygen atoms in total. The number of esters is 1. The Hall–Kier alpha value is -5.05. The first-order valence-corrected chi connectivity index (χ1v) is 13.8. The van der Waals surface area contributed by atoms with Gasteiger partial charge in [-0.3, -0.25) is 0 Å². The Bertz CT molecular complexity index is 1570. The van der Waals surface area contributed by atoms with E-state index in [1.807, 2.05) is 0 Å². The van der Waals surface area contributed by atoms with Crippen molar-refractivity contribution in [2.45, 2.75) is 31.3 Å². The van der Waals surface area contributed by atoms with Crippen LogP contribution in [-0.4, -0.2) is 79.0 Å². The molecule has 3 unspecified atom stereocenters. The molecule has 0 radical (unpaired) electrons. The van der Waals surface area contributed by atoms with E-state index in [0.29, 0.717) is 31.9 Å².